The number of amides is 2. The molecule has 1 aromatic rings. The van der Waals surface area contributed by atoms with Crippen molar-refractivity contribution in [1.82, 2.24) is 20.0 Å². The van der Waals surface area contributed by atoms with Gasteiger partial charge in [0.25, 0.3) is 0 Å². The van der Waals surface area contributed by atoms with E-state index in [4.69, 9.17) is 0 Å². The van der Waals surface area contributed by atoms with Crippen molar-refractivity contribution in [2.24, 2.45) is 13.0 Å². The van der Waals surface area contributed by atoms with Crippen LogP contribution in [0.5, 0.6) is 0 Å². The van der Waals surface area contributed by atoms with Crippen molar-refractivity contribution < 1.29 is 19.5 Å². The normalized spacial score (nSPS) is 13.2. The van der Waals surface area contributed by atoms with Gasteiger partial charge < -0.3 is 15.3 Å². The van der Waals surface area contributed by atoms with Crippen LogP contribution >= 0.6 is 0 Å². The van der Waals surface area contributed by atoms with Crippen LogP contribution in [0.4, 0.5) is 0 Å². The molecular weight excluding hydrogens is 324 g/mol. The fraction of sp³-hybridized carbons (Fsp3) is 0.647. The van der Waals surface area contributed by atoms with Crippen molar-refractivity contribution in [2.45, 2.75) is 47.1 Å². The second kappa shape index (κ2) is 8.64. The van der Waals surface area contributed by atoms with Gasteiger partial charge >= 0.3 is 5.97 Å². The summed E-state index contributed by atoms with van der Waals surface area (Å²) in [5.41, 5.74) is 2.87. The first-order valence-corrected chi connectivity index (χ1v) is 8.33. The zero-order chi connectivity index (χ0) is 19.3. The van der Waals surface area contributed by atoms with Crippen LogP contribution in [0.25, 0.3) is 0 Å². The quantitative estimate of drug-likeness (QED) is 0.715. The molecular formula is C17H28N4O4. The van der Waals surface area contributed by atoms with E-state index >= 15 is 0 Å². The molecule has 8 nitrogen and oxygen atoms in total. The predicted octanol–water partition coefficient (Wildman–Crippen LogP) is 0.653. The van der Waals surface area contributed by atoms with Crippen LogP contribution in [0.3, 0.4) is 0 Å². The molecule has 25 heavy (non-hydrogen) atoms. The van der Waals surface area contributed by atoms with Crippen LogP contribution < -0.4 is 5.32 Å². The van der Waals surface area contributed by atoms with Gasteiger partial charge in [0, 0.05) is 38.7 Å². The smallest absolute Gasteiger partial charge is 0.326 e. The van der Waals surface area contributed by atoms with E-state index in [9.17, 15) is 19.5 Å². The molecule has 0 radical (unpaired) electrons. The number of hydrogen-bond donors (Lipinski definition) is 2. The van der Waals surface area contributed by atoms with E-state index < -0.39 is 12.0 Å². The van der Waals surface area contributed by atoms with Gasteiger partial charge in [-0.05, 0) is 32.8 Å². The fourth-order valence-corrected chi connectivity index (χ4v) is 2.77. The van der Waals surface area contributed by atoms with Crippen LogP contribution in [-0.4, -0.2) is 56.7 Å². The SMILES string of the molecule is CC(=O)NCCN(C(=O)C(C)Cc1c(C)nn(C)c1C)C(C)C(=O)O. The number of carbonyl (C=O) groups excluding carboxylic acids is 2. The summed E-state index contributed by atoms with van der Waals surface area (Å²) >= 11 is 0. The maximum atomic E-state index is 12.8. The van der Waals surface area contributed by atoms with Crippen LogP contribution in [0.1, 0.15) is 37.7 Å². The number of rotatable bonds is 8. The minimum atomic E-state index is -1.07. The standard InChI is InChI=1S/C17H28N4O4/c1-10(9-15-11(2)19-20(6)12(15)3)16(23)21(13(4)17(24)25)8-7-18-14(5)22/h10,13H,7-9H2,1-6H3,(H,18,22)(H,24,25). The molecule has 140 valence electrons. The number of aromatic nitrogens is 2. The molecule has 0 aliphatic carbocycles. The Balaban J connectivity index is 2.90. The lowest BCUT2D eigenvalue weighted by Gasteiger charge is -2.29. The van der Waals surface area contributed by atoms with Crippen molar-refractivity contribution in [3.63, 3.8) is 0 Å². The van der Waals surface area contributed by atoms with Gasteiger partial charge in [-0.15, -0.1) is 0 Å². The summed E-state index contributed by atoms with van der Waals surface area (Å²) in [7, 11) is 1.85. The average molecular weight is 352 g/mol. The molecule has 0 aliphatic heterocycles. The molecule has 8 heteroatoms. The fourth-order valence-electron chi connectivity index (χ4n) is 2.77. The summed E-state index contributed by atoms with van der Waals surface area (Å²) in [4.78, 5) is 36.5. The zero-order valence-electron chi connectivity index (χ0n) is 15.8. The third-order valence-corrected chi connectivity index (χ3v) is 4.43. The van der Waals surface area contributed by atoms with E-state index in [1.54, 1.807) is 11.6 Å². The zero-order valence-corrected chi connectivity index (χ0v) is 15.8. The minimum Gasteiger partial charge on any atom is -0.480 e. The Morgan fingerprint density at radius 2 is 1.88 bits per heavy atom. The number of aliphatic carboxylic acids is 1. The molecule has 2 amide bonds. The monoisotopic (exact) mass is 352 g/mol. The maximum Gasteiger partial charge on any atom is 0.326 e. The molecule has 2 unspecified atom stereocenters. The Morgan fingerprint density at radius 1 is 1.28 bits per heavy atom. The van der Waals surface area contributed by atoms with Crippen LogP contribution in [0.15, 0.2) is 0 Å². The minimum absolute atomic E-state index is 0.154. The Kier molecular flexibility index (Phi) is 7.14. The van der Waals surface area contributed by atoms with Crippen molar-refractivity contribution >= 4 is 17.8 Å². The van der Waals surface area contributed by atoms with E-state index in [1.165, 1.54) is 18.7 Å². The Hall–Kier alpha value is -2.38. The number of carboxylic acid groups (broad SMARTS) is 1. The van der Waals surface area contributed by atoms with E-state index in [1.807, 2.05) is 20.9 Å². The summed E-state index contributed by atoms with van der Waals surface area (Å²) in [5.74, 6) is -1.93. The first-order valence-electron chi connectivity index (χ1n) is 8.33. The molecule has 2 atom stereocenters. The van der Waals surface area contributed by atoms with E-state index in [2.05, 4.69) is 10.4 Å². The van der Waals surface area contributed by atoms with Gasteiger partial charge in [0.15, 0.2) is 0 Å². The van der Waals surface area contributed by atoms with E-state index in [0.29, 0.717) is 6.42 Å². The van der Waals surface area contributed by atoms with Gasteiger partial charge in [0.1, 0.15) is 6.04 Å². The third kappa shape index (κ3) is 5.30. The van der Waals surface area contributed by atoms with Gasteiger partial charge in [-0.25, -0.2) is 4.79 Å². The summed E-state index contributed by atoms with van der Waals surface area (Å²) in [6.07, 6.45) is 0.493. The highest BCUT2D eigenvalue weighted by Crippen LogP contribution is 2.19. The highest BCUT2D eigenvalue weighted by atomic mass is 16.4. The predicted molar refractivity (Wildman–Crippen MR) is 93.0 cm³/mol. The molecule has 0 spiro atoms. The Labute approximate surface area is 148 Å². The Bertz CT molecular complexity index is 653. The highest BCUT2D eigenvalue weighted by Gasteiger charge is 2.29. The maximum absolute atomic E-state index is 12.8. The number of nitrogens with one attached hydrogen (secondary N) is 1. The van der Waals surface area contributed by atoms with Gasteiger partial charge in [-0.3, -0.25) is 14.3 Å². The largest absolute Gasteiger partial charge is 0.480 e. The lowest BCUT2D eigenvalue weighted by molar-refractivity contribution is -0.151. The third-order valence-electron chi connectivity index (χ3n) is 4.43. The molecule has 2 N–H and O–H groups in total. The molecule has 0 saturated carbocycles. The second-order valence-corrected chi connectivity index (χ2v) is 6.41. The molecule has 1 heterocycles. The number of aryl methyl sites for hydroxylation is 2. The lowest BCUT2D eigenvalue weighted by Crippen LogP contribution is -2.48. The van der Waals surface area contributed by atoms with Gasteiger partial charge in [-0.2, -0.15) is 5.10 Å². The van der Waals surface area contributed by atoms with E-state index in [0.717, 1.165) is 17.0 Å². The van der Waals surface area contributed by atoms with Gasteiger partial charge in [-0.1, -0.05) is 6.92 Å². The summed E-state index contributed by atoms with van der Waals surface area (Å²) in [5, 5.41) is 16.2. The Morgan fingerprint density at radius 3 is 2.32 bits per heavy atom. The average Bonchev–Trinajstić information content (AvgIpc) is 2.76. The molecule has 0 saturated heterocycles. The second-order valence-electron chi connectivity index (χ2n) is 6.41. The lowest BCUT2D eigenvalue weighted by atomic mass is 9.97. The van der Waals surface area contributed by atoms with E-state index in [-0.39, 0.29) is 30.8 Å². The van der Waals surface area contributed by atoms with Crippen molar-refractivity contribution in [2.75, 3.05) is 13.1 Å². The number of nitrogens with zero attached hydrogens (tertiary/aromatic N) is 3. The summed E-state index contributed by atoms with van der Waals surface area (Å²) in [6, 6.07) is -0.959. The molecule has 1 aromatic heterocycles. The summed E-state index contributed by atoms with van der Waals surface area (Å²) in [6.45, 7) is 8.85. The molecule has 0 aliphatic rings. The van der Waals surface area contributed by atoms with Crippen molar-refractivity contribution in [3.8, 4) is 0 Å². The number of hydrogen-bond acceptors (Lipinski definition) is 4. The van der Waals surface area contributed by atoms with Gasteiger partial charge in [0.2, 0.25) is 11.8 Å². The van der Waals surface area contributed by atoms with Crippen molar-refractivity contribution in [3.05, 3.63) is 17.0 Å². The van der Waals surface area contributed by atoms with Crippen LogP contribution in [-0.2, 0) is 27.9 Å². The topological polar surface area (TPSA) is 105 Å². The number of carboxylic acids is 1. The molecule has 0 bridgehead atoms. The first-order chi connectivity index (χ1) is 11.6. The molecule has 1 rings (SSSR count). The van der Waals surface area contributed by atoms with Gasteiger partial charge in [0.05, 0.1) is 5.69 Å². The first kappa shape index (κ1) is 20.7. The number of carbonyl (C=O) groups is 3. The molecule has 0 fully saturated rings. The van der Waals surface area contributed by atoms with Crippen molar-refractivity contribution in [1.29, 1.82) is 0 Å². The highest BCUT2D eigenvalue weighted by molar-refractivity contribution is 5.85. The van der Waals surface area contributed by atoms with Crippen LogP contribution in [0, 0.1) is 19.8 Å². The summed E-state index contributed by atoms with van der Waals surface area (Å²) < 4.78 is 1.77. The van der Waals surface area contributed by atoms with Crippen LogP contribution in [0.2, 0.25) is 0 Å². The molecule has 0 aromatic carbocycles.